The monoisotopic (exact) mass is 399 g/mol. The highest BCUT2D eigenvalue weighted by Gasteiger charge is 2.38. The first-order valence-corrected chi connectivity index (χ1v) is 10.5. The molecular formula is C21H22FN3O2S. The van der Waals surface area contributed by atoms with Gasteiger partial charge in [0.25, 0.3) is 5.91 Å². The summed E-state index contributed by atoms with van der Waals surface area (Å²) in [6.45, 7) is 2.22. The number of halogens is 1. The largest absolute Gasteiger partial charge is 0.366 e. The fourth-order valence-electron chi connectivity index (χ4n) is 3.68. The molecule has 2 aromatic rings. The minimum atomic E-state index is -0.433. The summed E-state index contributed by atoms with van der Waals surface area (Å²) in [6, 6.07) is 15.4. The lowest BCUT2D eigenvalue weighted by Crippen LogP contribution is -2.55. The van der Waals surface area contributed by atoms with Gasteiger partial charge >= 0.3 is 0 Å². The number of carbonyl (C=O) groups excluding carboxylic acids is 2. The number of carbonyl (C=O) groups is 2. The number of para-hydroxylation sites is 1. The molecule has 0 aliphatic carbocycles. The quantitative estimate of drug-likeness (QED) is 0.796. The predicted molar refractivity (Wildman–Crippen MR) is 109 cm³/mol. The van der Waals surface area contributed by atoms with Crippen LogP contribution >= 0.6 is 11.8 Å². The molecule has 0 aromatic heterocycles. The van der Waals surface area contributed by atoms with Crippen LogP contribution in [0.2, 0.25) is 0 Å². The number of amides is 2. The second-order valence-electron chi connectivity index (χ2n) is 6.92. The van der Waals surface area contributed by atoms with Gasteiger partial charge in [0, 0.05) is 37.5 Å². The smallest absolute Gasteiger partial charge is 0.255 e. The van der Waals surface area contributed by atoms with E-state index in [2.05, 4.69) is 0 Å². The highest BCUT2D eigenvalue weighted by Crippen LogP contribution is 2.26. The highest BCUT2D eigenvalue weighted by atomic mass is 32.2. The van der Waals surface area contributed by atoms with E-state index in [9.17, 15) is 14.0 Å². The van der Waals surface area contributed by atoms with Crippen molar-refractivity contribution < 1.29 is 14.0 Å². The topological polar surface area (TPSA) is 43.9 Å². The summed E-state index contributed by atoms with van der Waals surface area (Å²) < 4.78 is 14.0. The minimum Gasteiger partial charge on any atom is -0.366 e. The Kier molecular flexibility index (Phi) is 5.52. The third-order valence-corrected chi connectivity index (χ3v) is 6.25. The summed E-state index contributed by atoms with van der Waals surface area (Å²) in [6.07, 6.45) is 0. The number of piperazine rings is 1. The van der Waals surface area contributed by atoms with E-state index in [1.807, 2.05) is 29.2 Å². The van der Waals surface area contributed by atoms with E-state index >= 15 is 0 Å². The molecule has 2 aromatic carbocycles. The van der Waals surface area contributed by atoms with Crippen molar-refractivity contribution in [2.24, 2.45) is 0 Å². The van der Waals surface area contributed by atoms with Crippen molar-refractivity contribution >= 4 is 29.3 Å². The van der Waals surface area contributed by atoms with Crippen molar-refractivity contribution in [2.45, 2.75) is 6.04 Å². The van der Waals surface area contributed by atoms with Crippen LogP contribution in [0, 0.1) is 5.82 Å². The van der Waals surface area contributed by atoms with Gasteiger partial charge in [-0.3, -0.25) is 9.59 Å². The lowest BCUT2D eigenvalue weighted by Gasteiger charge is -2.38. The normalized spacial score (nSPS) is 19.8. The first kappa shape index (κ1) is 18.8. The van der Waals surface area contributed by atoms with Crippen molar-refractivity contribution in [3.63, 3.8) is 0 Å². The van der Waals surface area contributed by atoms with Gasteiger partial charge < -0.3 is 14.7 Å². The minimum absolute atomic E-state index is 0.0116. The molecule has 1 atom stereocenters. The van der Waals surface area contributed by atoms with Gasteiger partial charge in [0.15, 0.2) is 0 Å². The van der Waals surface area contributed by atoms with Crippen molar-refractivity contribution in [2.75, 3.05) is 42.7 Å². The number of benzene rings is 2. The molecule has 28 heavy (non-hydrogen) atoms. The molecule has 2 aliphatic heterocycles. The number of rotatable bonds is 3. The zero-order valence-corrected chi connectivity index (χ0v) is 16.3. The number of hydrogen-bond donors (Lipinski definition) is 0. The van der Waals surface area contributed by atoms with Crippen LogP contribution in [0.4, 0.5) is 10.1 Å². The molecule has 0 saturated carbocycles. The first-order chi connectivity index (χ1) is 13.6. The lowest BCUT2D eigenvalue weighted by atomic mass is 10.1. The van der Waals surface area contributed by atoms with E-state index in [-0.39, 0.29) is 17.6 Å². The molecule has 7 heteroatoms. The Bertz CT molecular complexity index is 856. The maximum atomic E-state index is 14.0. The van der Waals surface area contributed by atoms with Gasteiger partial charge in [-0.25, -0.2) is 4.39 Å². The first-order valence-electron chi connectivity index (χ1n) is 9.37. The lowest BCUT2D eigenvalue weighted by molar-refractivity contribution is -0.135. The third kappa shape index (κ3) is 3.71. The zero-order chi connectivity index (χ0) is 19.5. The van der Waals surface area contributed by atoms with Crippen LogP contribution in [-0.4, -0.2) is 65.5 Å². The summed E-state index contributed by atoms with van der Waals surface area (Å²) in [5, 5.41) is 0. The molecule has 4 rings (SSSR count). The summed E-state index contributed by atoms with van der Waals surface area (Å²) in [5.41, 5.74) is 1.18. The summed E-state index contributed by atoms with van der Waals surface area (Å²) in [4.78, 5) is 31.3. The molecule has 2 fully saturated rings. The molecule has 1 unspecified atom stereocenters. The van der Waals surface area contributed by atoms with Gasteiger partial charge in [-0.1, -0.05) is 30.3 Å². The van der Waals surface area contributed by atoms with Crippen molar-refractivity contribution in [3.8, 4) is 0 Å². The molecule has 2 saturated heterocycles. The maximum absolute atomic E-state index is 14.0. The second kappa shape index (κ2) is 8.22. The van der Waals surface area contributed by atoms with Crippen LogP contribution in [0.15, 0.2) is 54.6 Å². The third-order valence-electron chi connectivity index (χ3n) is 5.23. The Hall–Kier alpha value is -2.54. The SMILES string of the molecule is O=C(C1CSCN1C(=O)c1ccccc1)N1CCN(c2ccccc2F)CC1. The second-order valence-corrected chi connectivity index (χ2v) is 7.92. The van der Waals surface area contributed by atoms with Crippen LogP contribution in [0.5, 0.6) is 0 Å². The molecule has 2 aliphatic rings. The molecule has 2 heterocycles. The summed E-state index contributed by atoms with van der Waals surface area (Å²) in [7, 11) is 0. The van der Waals surface area contributed by atoms with Gasteiger partial charge in [0.1, 0.15) is 11.9 Å². The molecular weight excluding hydrogens is 377 g/mol. The summed E-state index contributed by atoms with van der Waals surface area (Å²) >= 11 is 1.60. The standard InChI is InChI=1S/C21H22FN3O2S/c22-17-8-4-5-9-18(17)23-10-12-24(13-11-23)21(27)19-14-28-15-25(19)20(26)16-6-2-1-3-7-16/h1-9,19H,10-15H2. The number of thioether (sulfide) groups is 1. The van der Waals surface area contributed by atoms with E-state index in [4.69, 9.17) is 0 Å². The zero-order valence-electron chi connectivity index (χ0n) is 15.5. The van der Waals surface area contributed by atoms with Crippen LogP contribution in [0.3, 0.4) is 0 Å². The Morgan fingerprint density at radius 2 is 1.61 bits per heavy atom. The van der Waals surface area contributed by atoms with Gasteiger partial charge in [-0.05, 0) is 24.3 Å². The number of anilines is 1. The Labute approximate surface area is 168 Å². The van der Waals surface area contributed by atoms with Crippen LogP contribution < -0.4 is 4.90 Å². The van der Waals surface area contributed by atoms with Gasteiger partial charge in [0.2, 0.25) is 5.91 Å². The van der Waals surface area contributed by atoms with Crippen molar-refractivity contribution in [1.82, 2.24) is 9.80 Å². The molecule has 0 radical (unpaired) electrons. The molecule has 146 valence electrons. The Morgan fingerprint density at radius 3 is 2.32 bits per heavy atom. The van der Waals surface area contributed by atoms with E-state index in [1.165, 1.54) is 6.07 Å². The molecule has 0 N–H and O–H groups in total. The van der Waals surface area contributed by atoms with E-state index in [1.54, 1.807) is 45.8 Å². The van der Waals surface area contributed by atoms with Gasteiger partial charge in [0.05, 0.1) is 11.6 Å². The fraction of sp³-hybridized carbons (Fsp3) is 0.333. The van der Waals surface area contributed by atoms with Crippen LogP contribution in [0.25, 0.3) is 0 Å². The van der Waals surface area contributed by atoms with E-state index in [0.29, 0.717) is 49.1 Å². The fourth-order valence-corrected chi connectivity index (χ4v) is 4.83. The van der Waals surface area contributed by atoms with Crippen LogP contribution in [-0.2, 0) is 4.79 Å². The van der Waals surface area contributed by atoms with Crippen LogP contribution in [0.1, 0.15) is 10.4 Å². The van der Waals surface area contributed by atoms with Gasteiger partial charge in [-0.15, -0.1) is 11.8 Å². The molecule has 0 spiro atoms. The molecule has 5 nitrogen and oxygen atoms in total. The average Bonchev–Trinajstić information content (AvgIpc) is 3.24. The number of hydrogen-bond acceptors (Lipinski definition) is 4. The predicted octanol–water partition coefficient (Wildman–Crippen LogP) is 2.69. The highest BCUT2D eigenvalue weighted by molar-refractivity contribution is 7.99. The van der Waals surface area contributed by atoms with Gasteiger partial charge in [-0.2, -0.15) is 0 Å². The van der Waals surface area contributed by atoms with E-state index in [0.717, 1.165) is 0 Å². The maximum Gasteiger partial charge on any atom is 0.255 e. The van der Waals surface area contributed by atoms with Crippen molar-refractivity contribution in [3.05, 3.63) is 66.0 Å². The molecule has 2 amide bonds. The molecule has 0 bridgehead atoms. The number of nitrogens with zero attached hydrogens (tertiary/aromatic N) is 3. The van der Waals surface area contributed by atoms with Crippen molar-refractivity contribution in [1.29, 1.82) is 0 Å². The van der Waals surface area contributed by atoms with E-state index < -0.39 is 6.04 Å². The summed E-state index contributed by atoms with van der Waals surface area (Å²) in [5.74, 6) is 0.787. The Balaban J connectivity index is 1.41. The average molecular weight is 399 g/mol. The Morgan fingerprint density at radius 1 is 0.929 bits per heavy atom.